The van der Waals surface area contributed by atoms with Gasteiger partial charge in [0.1, 0.15) is 16.8 Å². The van der Waals surface area contributed by atoms with E-state index in [1.807, 2.05) is 0 Å². The maximum atomic E-state index is 15.0. The van der Waals surface area contributed by atoms with Crippen LogP contribution in [0.4, 0.5) is 10.1 Å². The van der Waals surface area contributed by atoms with Crippen LogP contribution in [0.5, 0.6) is 28.9 Å². The van der Waals surface area contributed by atoms with Gasteiger partial charge in [-0.15, -0.1) is 0 Å². The lowest BCUT2D eigenvalue weighted by atomic mass is 10.0. The molecule has 4 aromatic rings. The molecule has 0 aliphatic heterocycles. The summed E-state index contributed by atoms with van der Waals surface area (Å²) in [6.45, 7) is 8.88. The summed E-state index contributed by atoms with van der Waals surface area (Å²) >= 11 is 0. The predicted molar refractivity (Wildman–Crippen MR) is 137 cm³/mol. The van der Waals surface area contributed by atoms with Crippen LogP contribution in [0.15, 0.2) is 43.1 Å². The zero-order valence-electron chi connectivity index (χ0n) is 21.0. The van der Waals surface area contributed by atoms with Crippen LogP contribution in [0.2, 0.25) is 0 Å². The number of anilines is 1. The number of aromatic hydroxyl groups is 1. The number of pyridine rings is 3. The first-order valence-electron chi connectivity index (χ1n) is 11.2. The minimum absolute atomic E-state index is 0.0111. The van der Waals surface area contributed by atoms with Gasteiger partial charge in [0.2, 0.25) is 0 Å². The van der Waals surface area contributed by atoms with Gasteiger partial charge in [0.15, 0.2) is 23.1 Å². The Morgan fingerprint density at radius 3 is 2.38 bits per heavy atom. The molecular formula is C27H25FN4O5. The second kappa shape index (κ2) is 10.1. The summed E-state index contributed by atoms with van der Waals surface area (Å²) in [5.41, 5.74) is 2.83. The van der Waals surface area contributed by atoms with Crippen molar-refractivity contribution in [1.29, 1.82) is 0 Å². The molecule has 0 spiro atoms. The second-order valence-corrected chi connectivity index (χ2v) is 8.24. The molecule has 10 heteroatoms. The van der Waals surface area contributed by atoms with Crippen molar-refractivity contribution in [2.24, 2.45) is 0 Å². The van der Waals surface area contributed by atoms with Crippen molar-refractivity contribution in [2.75, 3.05) is 19.5 Å². The first-order valence-corrected chi connectivity index (χ1v) is 11.2. The summed E-state index contributed by atoms with van der Waals surface area (Å²) in [5, 5.41) is 13.3. The molecule has 2 N–H and O–H groups in total. The molecule has 1 aromatic carbocycles. The number of benzene rings is 1. The van der Waals surface area contributed by atoms with E-state index in [1.54, 1.807) is 32.9 Å². The van der Waals surface area contributed by atoms with E-state index in [0.717, 1.165) is 6.07 Å². The molecule has 37 heavy (non-hydrogen) atoms. The first kappa shape index (κ1) is 25.4. The molecule has 190 valence electrons. The molecule has 0 fully saturated rings. The van der Waals surface area contributed by atoms with Crippen LogP contribution in [0.25, 0.3) is 16.6 Å². The molecule has 0 aliphatic rings. The van der Waals surface area contributed by atoms with Crippen LogP contribution in [0.1, 0.15) is 34.2 Å². The van der Waals surface area contributed by atoms with Crippen molar-refractivity contribution < 1.29 is 28.5 Å². The molecule has 0 aliphatic carbocycles. The number of hydrogen-bond acceptors (Lipinski definition) is 8. The highest BCUT2D eigenvalue weighted by molar-refractivity contribution is 6.07. The van der Waals surface area contributed by atoms with Gasteiger partial charge in [0.05, 0.1) is 25.4 Å². The van der Waals surface area contributed by atoms with Crippen molar-refractivity contribution in [3.05, 3.63) is 71.4 Å². The Bertz CT molecular complexity index is 1550. The summed E-state index contributed by atoms with van der Waals surface area (Å²) in [6, 6.07) is 7.15. The average Bonchev–Trinajstić information content (AvgIpc) is 2.84. The minimum atomic E-state index is -0.728. The van der Waals surface area contributed by atoms with E-state index in [2.05, 4.69) is 26.8 Å². The highest BCUT2D eigenvalue weighted by atomic mass is 19.1. The lowest BCUT2D eigenvalue weighted by Gasteiger charge is -2.15. The number of allylic oxidation sites excluding steroid dienone is 1. The summed E-state index contributed by atoms with van der Waals surface area (Å²) in [5.74, 6) is -0.809. The molecule has 0 unspecified atom stereocenters. The number of methoxy groups -OCH3 is 2. The summed E-state index contributed by atoms with van der Waals surface area (Å²) in [4.78, 5) is 25.9. The number of fused-ring (bicyclic) bond motifs is 1. The zero-order chi connectivity index (χ0) is 26.9. The molecule has 0 saturated carbocycles. The molecule has 0 saturated heterocycles. The third-order valence-electron chi connectivity index (χ3n) is 5.62. The number of nitrogens with one attached hydrogen (secondary N) is 1. The van der Waals surface area contributed by atoms with Gasteiger partial charge >= 0.3 is 0 Å². The Labute approximate surface area is 212 Å². The second-order valence-electron chi connectivity index (χ2n) is 8.24. The van der Waals surface area contributed by atoms with Crippen LogP contribution in [0.3, 0.4) is 0 Å². The smallest absolute Gasteiger partial charge is 0.261 e. The van der Waals surface area contributed by atoms with Crippen LogP contribution in [-0.2, 0) is 0 Å². The number of ether oxygens (including phenoxy) is 3. The number of hydrogen-bond donors (Lipinski definition) is 2. The van der Waals surface area contributed by atoms with Crippen LogP contribution >= 0.6 is 0 Å². The number of halogens is 1. The molecule has 0 atom stereocenters. The van der Waals surface area contributed by atoms with Crippen LogP contribution in [-0.4, -0.2) is 40.2 Å². The molecule has 3 heterocycles. The normalized spacial score (nSPS) is 10.8. The number of rotatable bonds is 7. The number of aromatic nitrogens is 3. The minimum Gasteiger partial charge on any atom is -0.506 e. The van der Waals surface area contributed by atoms with Crippen molar-refractivity contribution in [1.82, 2.24) is 15.0 Å². The summed E-state index contributed by atoms with van der Waals surface area (Å²) < 4.78 is 31.3. The Balaban J connectivity index is 1.62. The fraction of sp³-hybridized carbons (Fsp3) is 0.185. The van der Waals surface area contributed by atoms with Crippen LogP contribution < -0.4 is 19.5 Å². The fourth-order valence-corrected chi connectivity index (χ4v) is 3.97. The SMILES string of the molecule is C=C(C)c1c(C)nc(C)c(C(=O)Nc2ccc(Oc3ccnc4cc(OC)c(OC)nc34)c(F)c2)c1O. The lowest BCUT2D eigenvalue weighted by Crippen LogP contribution is -2.16. The van der Waals surface area contributed by atoms with E-state index in [1.165, 1.54) is 32.5 Å². The molecule has 9 nitrogen and oxygen atoms in total. The topological polar surface area (TPSA) is 116 Å². The summed E-state index contributed by atoms with van der Waals surface area (Å²) in [6.07, 6.45) is 1.50. The maximum Gasteiger partial charge on any atom is 0.261 e. The largest absolute Gasteiger partial charge is 0.506 e. The average molecular weight is 505 g/mol. The predicted octanol–water partition coefficient (Wildman–Crippen LogP) is 5.58. The molecule has 1 amide bonds. The van der Waals surface area contributed by atoms with E-state index < -0.39 is 11.7 Å². The van der Waals surface area contributed by atoms with Crippen molar-refractivity contribution in [2.45, 2.75) is 20.8 Å². The van der Waals surface area contributed by atoms with Crippen molar-refractivity contribution in [3.63, 3.8) is 0 Å². The van der Waals surface area contributed by atoms with E-state index in [9.17, 15) is 9.90 Å². The van der Waals surface area contributed by atoms with Gasteiger partial charge in [-0.05, 0) is 38.5 Å². The van der Waals surface area contributed by atoms with Gasteiger partial charge in [-0.3, -0.25) is 14.8 Å². The number of carbonyl (C=O) groups is 1. The monoisotopic (exact) mass is 504 g/mol. The third kappa shape index (κ3) is 4.86. The quantitative estimate of drug-likeness (QED) is 0.335. The lowest BCUT2D eigenvalue weighted by molar-refractivity contribution is 0.102. The molecule has 4 rings (SSSR count). The fourth-order valence-electron chi connectivity index (χ4n) is 3.97. The standard InChI is InChI=1S/C27H25FN4O5/c1-13(2)22-14(3)30-15(4)23(25(22)33)26(34)31-16-7-8-19(17(28)11-16)37-20-9-10-29-18-12-21(35-5)27(36-6)32-24(18)20/h7-12H,1H2,2-6H3,(H,30,33)(H,31,34). The van der Waals surface area contributed by atoms with Gasteiger partial charge in [-0.2, -0.15) is 0 Å². The van der Waals surface area contributed by atoms with E-state index in [-0.39, 0.29) is 34.4 Å². The van der Waals surface area contributed by atoms with Gasteiger partial charge in [0, 0.05) is 41.3 Å². The Morgan fingerprint density at radius 2 is 1.73 bits per heavy atom. The Hall–Kier alpha value is -4.73. The van der Waals surface area contributed by atoms with Crippen molar-refractivity contribution in [3.8, 4) is 28.9 Å². The first-order chi connectivity index (χ1) is 17.6. The Kier molecular flexibility index (Phi) is 6.92. The third-order valence-corrected chi connectivity index (χ3v) is 5.62. The zero-order valence-corrected chi connectivity index (χ0v) is 21.0. The van der Waals surface area contributed by atoms with Crippen LogP contribution in [0, 0.1) is 19.7 Å². The highest BCUT2D eigenvalue weighted by Gasteiger charge is 2.22. The van der Waals surface area contributed by atoms with Crippen molar-refractivity contribution >= 4 is 28.2 Å². The Morgan fingerprint density at radius 1 is 1.00 bits per heavy atom. The van der Waals surface area contributed by atoms with Gasteiger partial charge < -0.3 is 24.6 Å². The van der Waals surface area contributed by atoms with Gasteiger partial charge in [-0.1, -0.05) is 6.58 Å². The molecule has 3 aromatic heterocycles. The number of carbonyl (C=O) groups excluding carboxylic acids is 1. The molecule has 0 radical (unpaired) electrons. The number of aryl methyl sites for hydroxylation is 2. The van der Waals surface area contributed by atoms with E-state index in [0.29, 0.717) is 39.3 Å². The maximum absolute atomic E-state index is 15.0. The molecule has 0 bridgehead atoms. The van der Waals surface area contributed by atoms with E-state index >= 15 is 4.39 Å². The number of amides is 1. The number of nitrogens with zero attached hydrogens (tertiary/aromatic N) is 3. The summed E-state index contributed by atoms with van der Waals surface area (Å²) in [7, 11) is 2.94. The van der Waals surface area contributed by atoms with Gasteiger partial charge in [-0.25, -0.2) is 9.37 Å². The van der Waals surface area contributed by atoms with E-state index in [4.69, 9.17) is 14.2 Å². The van der Waals surface area contributed by atoms with Gasteiger partial charge in [0.25, 0.3) is 11.8 Å². The highest BCUT2D eigenvalue weighted by Crippen LogP contribution is 2.36. The molecular weight excluding hydrogens is 479 g/mol.